The lowest BCUT2D eigenvalue weighted by atomic mass is 10.2. The van der Waals surface area contributed by atoms with E-state index in [1.54, 1.807) is 24.3 Å². The molecule has 0 atom stereocenters. The lowest BCUT2D eigenvalue weighted by Gasteiger charge is -2.26. The van der Waals surface area contributed by atoms with Crippen LogP contribution in [0, 0.1) is 0 Å². The predicted molar refractivity (Wildman–Crippen MR) is 153 cm³/mol. The third-order valence-corrected chi connectivity index (χ3v) is 6.00. The van der Waals surface area contributed by atoms with Gasteiger partial charge >= 0.3 is 0 Å². The molecule has 2 aromatic rings. The van der Waals surface area contributed by atoms with Gasteiger partial charge in [-0.3, -0.25) is 9.69 Å². The van der Waals surface area contributed by atoms with Crippen LogP contribution in [0.15, 0.2) is 60.7 Å². The highest BCUT2D eigenvalue weighted by Crippen LogP contribution is 2.20. The van der Waals surface area contributed by atoms with Gasteiger partial charge in [0, 0.05) is 43.0 Å². The molecule has 0 saturated carbocycles. The molecule has 1 N–H and O–H groups in total. The van der Waals surface area contributed by atoms with Gasteiger partial charge in [0.25, 0.3) is 5.91 Å². The van der Waals surface area contributed by atoms with E-state index < -0.39 is 0 Å². The second-order valence-electron chi connectivity index (χ2n) is 8.75. The first kappa shape index (κ1) is 29.5. The Balaban J connectivity index is 2.12. The maximum absolute atomic E-state index is 13.0. The van der Waals surface area contributed by atoms with Crippen molar-refractivity contribution in [1.82, 2.24) is 24.7 Å². The second kappa shape index (κ2) is 16.1. The zero-order chi connectivity index (χ0) is 26.3. The van der Waals surface area contributed by atoms with Gasteiger partial charge in [0.2, 0.25) is 0 Å². The van der Waals surface area contributed by atoms with E-state index in [2.05, 4.69) is 48.8 Å². The molecule has 1 aromatic carbocycles. The van der Waals surface area contributed by atoms with Crippen LogP contribution in [-0.4, -0.2) is 89.8 Å². The number of nitrogens with zero attached hydrogens (tertiary/aromatic N) is 5. The number of para-hydroxylation sites is 1. The third-order valence-electron chi connectivity index (χ3n) is 5.85. The van der Waals surface area contributed by atoms with E-state index in [1.165, 1.54) is 0 Å². The molecule has 1 amide bonds. The smallest absolute Gasteiger partial charge is 0.253 e. The molecule has 0 spiro atoms. The number of likely N-dealkylation sites (N-methyl/N-ethyl adjacent to an activating group) is 2. The number of carbonyl (C=O) groups is 1. The number of amides is 1. The molecule has 0 aliphatic rings. The minimum Gasteiger partial charge on any atom is -0.369 e. The Bertz CT molecular complexity index is 1040. The lowest BCUT2D eigenvalue weighted by Crippen LogP contribution is -2.39. The van der Waals surface area contributed by atoms with Crippen molar-refractivity contribution in [2.45, 2.75) is 26.8 Å². The Labute approximate surface area is 221 Å². The number of hydrogen-bond donors (Lipinski definition) is 1. The van der Waals surface area contributed by atoms with Gasteiger partial charge in [-0.2, -0.15) is 0 Å². The second-order valence-corrected chi connectivity index (χ2v) is 9.06. The van der Waals surface area contributed by atoms with E-state index in [0.29, 0.717) is 25.2 Å². The van der Waals surface area contributed by atoms with Crippen LogP contribution in [-0.2, 0) is 11.3 Å². The Kier molecular flexibility index (Phi) is 13.2. The summed E-state index contributed by atoms with van der Waals surface area (Å²) in [4.78, 5) is 29.0. The van der Waals surface area contributed by atoms with Crippen LogP contribution in [0.25, 0.3) is 10.9 Å². The molecular weight excluding hydrogens is 472 g/mol. The van der Waals surface area contributed by atoms with Crippen molar-refractivity contribution < 1.29 is 4.79 Å². The van der Waals surface area contributed by atoms with Crippen molar-refractivity contribution in [2.75, 3.05) is 64.6 Å². The molecule has 0 saturated heterocycles. The van der Waals surface area contributed by atoms with E-state index in [0.717, 1.165) is 55.1 Å². The summed E-state index contributed by atoms with van der Waals surface area (Å²) < 4.78 is 0. The molecule has 0 radical (unpaired) electrons. The summed E-state index contributed by atoms with van der Waals surface area (Å²) >= 11 is 5.88. The maximum Gasteiger partial charge on any atom is 0.253 e. The summed E-state index contributed by atoms with van der Waals surface area (Å²) in [5.41, 5.74) is 1.52. The Hall–Kier alpha value is -2.74. The lowest BCUT2D eigenvalue weighted by molar-refractivity contribution is -0.126. The maximum atomic E-state index is 13.0. The van der Waals surface area contributed by atoms with E-state index in [1.807, 2.05) is 30.0 Å². The highest BCUT2D eigenvalue weighted by Gasteiger charge is 2.17. The number of anilines is 1. The van der Waals surface area contributed by atoms with Crippen molar-refractivity contribution in [3.63, 3.8) is 0 Å². The van der Waals surface area contributed by atoms with E-state index in [-0.39, 0.29) is 11.8 Å². The number of alkyl halides is 1. The van der Waals surface area contributed by atoms with Crippen LogP contribution in [0.4, 0.5) is 5.82 Å². The number of carbonyl (C=O) groups excluding carboxylic acids is 1. The summed E-state index contributed by atoms with van der Waals surface area (Å²) in [5, 5.41) is 4.54. The fraction of sp³-hybridized carbons (Fsp3) is 0.464. The Morgan fingerprint density at radius 1 is 1.11 bits per heavy atom. The highest BCUT2D eigenvalue weighted by atomic mass is 35.5. The minimum atomic E-state index is -0.0292. The van der Waals surface area contributed by atoms with Gasteiger partial charge < -0.3 is 15.1 Å². The van der Waals surface area contributed by atoms with Crippen LogP contribution in [0.2, 0.25) is 0 Å². The zero-order valence-electron chi connectivity index (χ0n) is 22.2. The van der Waals surface area contributed by atoms with Gasteiger partial charge in [0.15, 0.2) is 0 Å². The van der Waals surface area contributed by atoms with Crippen LogP contribution in [0.1, 0.15) is 26.1 Å². The summed E-state index contributed by atoms with van der Waals surface area (Å²) in [6.45, 7) is 13.0. The molecule has 0 fully saturated rings. The van der Waals surface area contributed by atoms with Crippen LogP contribution in [0.3, 0.4) is 0 Å². The molecule has 2 rings (SSSR count). The van der Waals surface area contributed by atoms with Crippen molar-refractivity contribution in [1.29, 1.82) is 0 Å². The van der Waals surface area contributed by atoms with Crippen LogP contribution < -0.4 is 5.32 Å². The fourth-order valence-electron chi connectivity index (χ4n) is 3.81. The third kappa shape index (κ3) is 9.37. The Morgan fingerprint density at radius 2 is 1.89 bits per heavy atom. The van der Waals surface area contributed by atoms with Crippen molar-refractivity contribution in [3.8, 4) is 0 Å². The fourth-order valence-corrected chi connectivity index (χ4v) is 3.98. The average molecular weight is 513 g/mol. The quantitative estimate of drug-likeness (QED) is 0.154. The molecule has 0 aliphatic carbocycles. The number of allylic oxidation sites excluding steroid dienone is 3. The average Bonchev–Trinajstić information content (AvgIpc) is 2.88. The van der Waals surface area contributed by atoms with Crippen LogP contribution >= 0.6 is 11.6 Å². The predicted octanol–water partition coefficient (Wildman–Crippen LogP) is 4.57. The number of fused-ring (bicyclic) bond motifs is 1. The summed E-state index contributed by atoms with van der Waals surface area (Å²) in [5.74, 6) is 1.90. The number of rotatable bonds is 16. The van der Waals surface area contributed by atoms with E-state index in [4.69, 9.17) is 21.6 Å². The normalized spacial score (nSPS) is 12.1. The number of halogens is 1. The largest absolute Gasteiger partial charge is 0.369 e. The highest BCUT2D eigenvalue weighted by molar-refractivity contribution is 6.19. The summed E-state index contributed by atoms with van der Waals surface area (Å²) in [6, 6.07) is 8.11. The molecule has 0 unspecified atom stereocenters. The topological polar surface area (TPSA) is 64.6 Å². The standard InChI is InChI=1S/C28H41ClN6O/c1-6-9-13-23(16-17-29)28(36)35(8-3)21-20-34(7-2)22-26-31-25-15-11-10-14-24(25)27(32-26)30-18-12-19-33(4)5/h6,9-11,13-16H,1,7-8,12,17-22H2,2-5H3,(H,30,31,32)/b13-9-,23-16+. The SMILES string of the molecule is C=C/C=C\C(=C/CCl)C(=O)N(CC)CCN(CC)Cc1nc(NCCCN(C)C)c2ccccc2n1. The van der Waals surface area contributed by atoms with Gasteiger partial charge in [-0.05, 0) is 58.7 Å². The number of aromatic nitrogens is 2. The monoisotopic (exact) mass is 512 g/mol. The van der Waals surface area contributed by atoms with Gasteiger partial charge in [0.1, 0.15) is 11.6 Å². The van der Waals surface area contributed by atoms with Crippen molar-refractivity contribution >= 4 is 34.2 Å². The molecule has 196 valence electrons. The molecular formula is C28H41ClN6O. The van der Waals surface area contributed by atoms with E-state index >= 15 is 0 Å². The van der Waals surface area contributed by atoms with Gasteiger partial charge in [-0.1, -0.05) is 43.9 Å². The summed E-state index contributed by atoms with van der Waals surface area (Å²) in [6.07, 6.45) is 7.93. The molecule has 0 bridgehead atoms. The molecule has 1 aromatic heterocycles. The van der Waals surface area contributed by atoms with Gasteiger partial charge in [-0.15, -0.1) is 11.6 Å². The molecule has 0 aliphatic heterocycles. The van der Waals surface area contributed by atoms with Crippen LogP contribution in [0.5, 0.6) is 0 Å². The van der Waals surface area contributed by atoms with Gasteiger partial charge in [-0.25, -0.2) is 9.97 Å². The van der Waals surface area contributed by atoms with E-state index in [9.17, 15) is 4.79 Å². The number of nitrogens with one attached hydrogen (secondary N) is 1. The zero-order valence-corrected chi connectivity index (χ0v) is 23.0. The first-order valence-corrected chi connectivity index (χ1v) is 13.2. The molecule has 7 nitrogen and oxygen atoms in total. The molecule has 8 heteroatoms. The molecule has 1 heterocycles. The minimum absolute atomic E-state index is 0.0292. The number of benzene rings is 1. The summed E-state index contributed by atoms with van der Waals surface area (Å²) in [7, 11) is 4.16. The van der Waals surface area contributed by atoms with Crippen molar-refractivity contribution in [3.05, 3.63) is 66.5 Å². The Morgan fingerprint density at radius 3 is 2.56 bits per heavy atom. The number of hydrogen-bond acceptors (Lipinski definition) is 6. The van der Waals surface area contributed by atoms with Crippen molar-refractivity contribution in [2.24, 2.45) is 0 Å². The first-order chi connectivity index (χ1) is 17.4. The van der Waals surface area contributed by atoms with Gasteiger partial charge in [0.05, 0.1) is 12.1 Å². The first-order valence-electron chi connectivity index (χ1n) is 12.6. The molecule has 36 heavy (non-hydrogen) atoms.